The van der Waals surface area contributed by atoms with Gasteiger partial charge in [-0.1, -0.05) is 89.5 Å². The lowest BCUT2D eigenvalue weighted by Crippen LogP contribution is -2.56. The molecule has 6 aromatic rings. The number of aryl methyl sites for hydroxylation is 8. The van der Waals surface area contributed by atoms with Crippen LogP contribution < -0.4 is 21.5 Å². The quantitative estimate of drug-likeness (QED) is 0.0516. The van der Waals surface area contributed by atoms with E-state index in [0.717, 1.165) is 55.1 Å². The third kappa shape index (κ3) is 6.93. The molecule has 0 aromatic heterocycles. The van der Waals surface area contributed by atoms with Gasteiger partial charge in [-0.3, -0.25) is 0 Å². The van der Waals surface area contributed by atoms with Gasteiger partial charge < -0.3 is 0 Å². The Morgan fingerprint density at radius 3 is 1.03 bits per heavy atom. The fourth-order valence-corrected chi connectivity index (χ4v) is 12.6. The van der Waals surface area contributed by atoms with Gasteiger partial charge in [0.2, 0.25) is 6.71 Å². The summed E-state index contributed by atoms with van der Waals surface area (Å²) in [5.41, 5.74) is 2.53. The highest BCUT2D eigenvalue weighted by Crippen LogP contribution is 2.59. The van der Waals surface area contributed by atoms with E-state index in [4.69, 9.17) is 0 Å². The maximum atomic E-state index is 16.5. The first-order valence-electron chi connectivity index (χ1n) is 18.6. The van der Waals surface area contributed by atoms with Crippen molar-refractivity contribution in [2.24, 2.45) is 0 Å². The van der Waals surface area contributed by atoms with E-state index in [0.29, 0.717) is 18.4 Å². The Kier molecular flexibility index (Phi) is 11.2. The molecule has 4 aliphatic rings. The first-order valence-corrected chi connectivity index (χ1v) is 20.0. The SMILES string of the molecule is Cc1cc(C)c(P(c2c(C)cc(C)cc2C)C2c3ccc(cc3)CCc3ccc(cc3)C2B(c2c(F)c(F)c(F)c(F)c2F)c2c(F)c(F)c(F)c(F)c2F)c(C)c1. The lowest BCUT2D eigenvalue weighted by molar-refractivity contribution is 0.381. The van der Waals surface area contributed by atoms with Crippen molar-refractivity contribution in [3.8, 4) is 0 Å². The summed E-state index contributed by atoms with van der Waals surface area (Å²) in [6.07, 6.45) is 1.15. The molecule has 0 N–H and O–H groups in total. The summed E-state index contributed by atoms with van der Waals surface area (Å²) < 4.78 is 157. The summed E-state index contributed by atoms with van der Waals surface area (Å²) in [5.74, 6) is -26.5. The van der Waals surface area contributed by atoms with Gasteiger partial charge in [-0.05, 0) is 118 Å². The van der Waals surface area contributed by atoms with Crippen LogP contribution in [0.25, 0.3) is 0 Å². The first kappa shape index (κ1) is 41.3. The summed E-state index contributed by atoms with van der Waals surface area (Å²) in [6.45, 7) is 8.60. The van der Waals surface area contributed by atoms with Crippen LogP contribution in [0.5, 0.6) is 0 Å². The fourth-order valence-electron chi connectivity index (χ4n) is 8.94. The van der Waals surface area contributed by atoms with E-state index in [1.807, 2.05) is 77.9 Å². The van der Waals surface area contributed by atoms with Gasteiger partial charge in [0.15, 0.2) is 58.2 Å². The van der Waals surface area contributed by atoms with E-state index in [9.17, 15) is 8.78 Å². The Bertz CT molecular complexity index is 2370. The number of benzene rings is 6. The van der Waals surface area contributed by atoms with Crippen molar-refractivity contribution < 1.29 is 43.9 Å². The molecule has 10 rings (SSSR count). The zero-order valence-corrected chi connectivity index (χ0v) is 33.2. The maximum Gasteiger partial charge on any atom is 0.233 e. The Hall–Kier alpha value is -4.89. The van der Waals surface area contributed by atoms with E-state index in [-0.39, 0.29) is 5.56 Å². The average molecular weight is 821 g/mol. The summed E-state index contributed by atoms with van der Waals surface area (Å²) in [7, 11) is -1.97. The highest BCUT2D eigenvalue weighted by atomic mass is 31.1. The minimum absolute atomic E-state index is 0.105. The molecular formula is C46H36BF10P. The van der Waals surface area contributed by atoms with Crippen molar-refractivity contribution in [2.45, 2.75) is 65.9 Å². The van der Waals surface area contributed by atoms with Crippen LogP contribution in [0, 0.1) is 99.7 Å². The fraction of sp³-hybridized carbons (Fsp3) is 0.217. The number of hydrogen-bond donors (Lipinski definition) is 0. The number of halogens is 10. The van der Waals surface area contributed by atoms with Crippen LogP contribution in [0.15, 0.2) is 72.8 Å². The summed E-state index contributed by atoms with van der Waals surface area (Å²) in [6, 6.07) is 21.3. The van der Waals surface area contributed by atoms with Crippen LogP contribution in [-0.4, -0.2) is 6.71 Å². The highest BCUT2D eigenvalue weighted by molar-refractivity contribution is 7.73. The van der Waals surface area contributed by atoms with Crippen molar-refractivity contribution in [3.05, 3.63) is 187 Å². The molecule has 0 saturated heterocycles. The van der Waals surface area contributed by atoms with Crippen molar-refractivity contribution in [2.75, 3.05) is 0 Å². The van der Waals surface area contributed by atoms with Crippen LogP contribution in [0.1, 0.15) is 67.1 Å². The minimum Gasteiger partial charge on any atom is -0.204 e. The number of hydrogen-bond acceptors (Lipinski definition) is 0. The Morgan fingerprint density at radius 2 is 0.707 bits per heavy atom. The van der Waals surface area contributed by atoms with Gasteiger partial charge in [-0.25, -0.2) is 43.9 Å². The van der Waals surface area contributed by atoms with Gasteiger partial charge in [0, 0.05) is 16.6 Å². The average Bonchev–Trinajstić information content (AvgIpc) is 3.17. The molecule has 0 spiro atoms. The third-order valence-corrected chi connectivity index (χ3v) is 14.8. The zero-order chi connectivity index (χ0) is 42.1. The molecule has 12 heteroatoms. The monoisotopic (exact) mass is 820 g/mol. The predicted octanol–water partition coefficient (Wildman–Crippen LogP) is 10.8. The van der Waals surface area contributed by atoms with Gasteiger partial charge in [-0.2, -0.15) is 0 Å². The highest BCUT2D eigenvalue weighted by Gasteiger charge is 2.50. The summed E-state index contributed by atoms with van der Waals surface area (Å²) in [4.78, 5) is 0. The van der Waals surface area contributed by atoms with Crippen molar-refractivity contribution >= 4 is 36.2 Å². The predicted molar refractivity (Wildman–Crippen MR) is 211 cm³/mol. The van der Waals surface area contributed by atoms with Gasteiger partial charge in [0.25, 0.3) is 0 Å². The topological polar surface area (TPSA) is 0 Å². The van der Waals surface area contributed by atoms with Crippen LogP contribution in [0.2, 0.25) is 0 Å². The second-order valence-electron chi connectivity index (χ2n) is 15.3. The third-order valence-electron chi connectivity index (χ3n) is 11.2. The van der Waals surface area contributed by atoms with E-state index < -0.39 is 95.2 Å². The molecule has 6 aromatic carbocycles. The largest absolute Gasteiger partial charge is 0.233 e. The Balaban J connectivity index is 1.75. The molecule has 0 amide bonds. The lowest BCUT2D eigenvalue weighted by Gasteiger charge is -2.41. The van der Waals surface area contributed by atoms with E-state index in [1.54, 1.807) is 24.3 Å². The second kappa shape index (κ2) is 15.7. The van der Waals surface area contributed by atoms with Gasteiger partial charge in [-0.15, -0.1) is 0 Å². The summed E-state index contributed by atoms with van der Waals surface area (Å²) >= 11 is 0. The number of rotatable bonds is 6. The van der Waals surface area contributed by atoms with Gasteiger partial charge in [0.1, 0.15) is 0 Å². The molecule has 0 heterocycles. The molecule has 4 bridgehead atoms. The molecule has 0 radical (unpaired) electrons. The van der Waals surface area contributed by atoms with Gasteiger partial charge >= 0.3 is 0 Å². The second-order valence-corrected chi connectivity index (χ2v) is 17.5. The molecule has 0 nitrogen and oxygen atoms in total. The van der Waals surface area contributed by atoms with Crippen molar-refractivity contribution in [1.82, 2.24) is 0 Å². The van der Waals surface area contributed by atoms with Crippen molar-refractivity contribution in [3.63, 3.8) is 0 Å². The van der Waals surface area contributed by atoms with Gasteiger partial charge in [0.05, 0.1) is 0 Å². The zero-order valence-electron chi connectivity index (χ0n) is 32.3. The van der Waals surface area contributed by atoms with E-state index >= 15 is 35.1 Å². The molecule has 0 fully saturated rings. The molecule has 2 unspecified atom stereocenters. The Labute approximate surface area is 331 Å². The molecular weight excluding hydrogens is 784 g/mol. The normalized spacial score (nSPS) is 15.3. The summed E-state index contributed by atoms with van der Waals surface area (Å²) in [5, 5.41) is 1.51. The molecule has 4 aliphatic carbocycles. The molecule has 0 saturated carbocycles. The first-order chi connectivity index (χ1) is 27.4. The minimum atomic E-state index is -2.69. The molecule has 58 heavy (non-hydrogen) atoms. The molecule has 298 valence electrons. The standard InChI is InChI=1S/C46H36BF10P/c1-21-17-23(3)44(24(4)18-21)58(45-25(5)19-22(2)20-26(45)6)46-30-15-11-28(12-16-30)8-7-27-9-13-29(14-10-27)31(46)47(32-34(48)38(52)42(56)39(53)35(32)49)33-36(50)40(54)43(57)41(55)37(33)51/h9-20,31,46H,7-8H2,1-6H3. The van der Waals surface area contributed by atoms with Crippen LogP contribution in [0.4, 0.5) is 43.9 Å². The van der Waals surface area contributed by atoms with E-state index in [2.05, 4.69) is 0 Å². The van der Waals surface area contributed by atoms with Crippen LogP contribution in [0.3, 0.4) is 0 Å². The smallest absolute Gasteiger partial charge is 0.204 e. The maximum absolute atomic E-state index is 16.5. The van der Waals surface area contributed by atoms with Crippen LogP contribution in [-0.2, 0) is 12.8 Å². The molecule has 2 atom stereocenters. The van der Waals surface area contributed by atoms with Crippen molar-refractivity contribution in [1.29, 1.82) is 0 Å². The molecule has 0 aliphatic heterocycles. The Morgan fingerprint density at radius 1 is 0.414 bits per heavy atom. The lowest BCUT2D eigenvalue weighted by atomic mass is 9.31. The van der Waals surface area contributed by atoms with Crippen LogP contribution >= 0.6 is 7.92 Å². The van der Waals surface area contributed by atoms with E-state index in [1.165, 1.54) is 12.1 Å².